The van der Waals surface area contributed by atoms with E-state index in [0.717, 1.165) is 29.2 Å². The quantitative estimate of drug-likeness (QED) is 0.857. The zero-order valence-corrected chi connectivity index (χ0v) is 12.0. The third-order valence-corrected chi connectivity index (χ3v) is 3.15. The second-order valence-corrected chi connectivity index (χ2v) is 4.39. The Bertz CT molecular complexity index is 418. The number of hydrogen-bond donors (Lipinski definition) is 1. The van der Waals surface area contributed by atoms with Crippen molar-refractivity contribution >= 4 is 11.6 Å². The zero-order valence-electron chi connectivity index (χ0n) is 11.3. The standard InChI is InChI=1S/C14H20ClNO2/c1-10(8-15)9-16-11(2)12-5-6-13(17-3)14(7-12)18-4/h5-8,11,16H,9H2,1-4H3/b10-8+. The van der Waals surface area contributed by atoms with Gasteiger partial charge >= 0.3 is 0 Å². The molecule has 0 aliphatic heterocycles. The maximum Gasteiger partial charge on any atom is 0.161 e. The molecule has 1 unspecified atom stereocenters. The summed E-state index contributed by atoms with van der Waals surface area (Å²) < 4.78 is 10.5. The van der Waals surface area contributed by atoms with Crippen LogP contribution in [0.15, 0.2) is 29.3 Å². The van der Waals surface area contributed by atoms with Crippen LogP contribution in [0.25, 0.3) is 0 Å². The number of methoxy groups -OCH3 is 2. The van der Waals surface area contributed by atoms with Crippen molar-refractivity contribution in [2.75, 3.05) is 20.8 Å². The summed E-state index contributed by atoms with van der Waals surface area (Å²) >= 11 is 5.63. The molecule has 1 N–H and O–H groups in total. The summed E-state index contributed by atoms with van der Waals surface area (Å²) in [5, 5.41) is 3.39. The van der Waals surface area contributed by atoms with Gasteiger partial charge in [-0.15, -0.1) is 0 Å². The summed E-state index contributed by atoms with van der Waals surface area (Å²) in [6.45, 7) is 4.85. The highest BCUT2D eigenvalue weighted by Gasteiger charge is 2.09. The van der Waals surface area contributed by atoms with Gasteiger partial charge in [0, 0.05) is 18.1 Å². The summed E-state index contributed by atoms with van der Waals surface area (Å²) in [6.07, 6.45) is 0. The van der Waals surface area contributed by atoms with Crippen LogP contribution in [0.5, 0.6) is 11.5 Å². The van der Waals surface area contributed by atoms with E-state index in [1.165, 1.54) is 0 Å². The molecule has 4 heteroatoms. The topological polar surface area (TPSA) is 30.5 Å². The lowest BCUT2D eigenvalue weighted by Crippen LogP contribution is -2.20. The largest absolute Gasteiger partial charge is 0.493 e. The minimum absolute atomic E-state index is 0.219. The van der Waals surface area contributed by atoms with Crippen molar-refractivity contribution in [3.05, 3.63) is 34.9 Å². The van der Waals surface area contributed by atoms with E-state index in [-0.39, 0.29) is 6.04 Å². The summed E-state index contributed by atoms with van der Waals surface area (Å²) in [5.74, 6) is 1.48. The molecule has 0 aromatic heterocycles. The first-order chi connectivity index (χ1) is 8.62. The highest BCUT2D eigenvalue weighted by molar-refractivity contribution is 6.25. The molecule has 0 heterocycles. The van der Waals surface area contributed by atoms with Gasteiger partial charge in [-0.1, -0.05) is 17.7 Å². The van der Waals surface area contributed by atoms with Gasteiger partial charge in [0.05, 0.1) is 14.2 Å². The van der Waals surface area contributed by atoms with Gasteiger partial charge in [0.15, 0.2) is 11.5 Å². The van der Waals surface area contributed by atoms with Crippen LogP contribution in [0.2, 0.25) is 0 Å². The van der Waals surface area contributed by atoms with E-state index in [1.807, 2.05) is 25.1 Å². The van der Waals surface area contributed by atoms with E-state index in [1.54, 1.807) is 19.8 Å². The van der Waals surface area contributed by atoms with Crippen molar-refractivity contribution < 1.29 is 9.47 Å². The smallest absolute Gasteiger partial charge is 0.161 e. The Morgan fingerprint density at radius 1 is 1.33 bits per heavy atom. The molecule has 18 heavy (non-hydrogen) atoms. The summed E-state index contributed by atoms with van der Waals surface area (Å²) in [7, 11) is 3.27. The molecule has 0 spiro atoms. The maximum absolute atomic E-state index is 5.63. The fourth-order valence-electron chi connectivity index (χ4n) is 1.59. The van der Waals surface area contributed by atoms with E-state index in [0.29, 0.717) is 0 Å². The average molecular weight is 270 g/mol. The molecule has 1 aromatic carbocycles. The van der Waals surface area contributed by atoms with Gasteiger partial charge in [-0.3, -0.25) is 0 Å². The van der Waals surface area contributed by atoms with Gasteiger partial charge < -0.3 is 14.8 Å². The Morgan fingerprint density at radius 3 is 2.56 bits per heavy atom. The lowest BCUT2D eigenvalue weighted by Gasteiger charge is -2.16. The first kappa shape index (κ1) is 14.9. The van der Waals surface area contributed by atoms with Crippen LogP contribution < -0.4 is 14.8 Å². The Hall–Kier alpha value is -1.19. The molecule has 0 aliphatic rings. The summed E-state index contributed by atoms with van der Waals surface area (Å²) in [4.78, 5) is 0. The fraction of sp³-hybridized carbons (Fsp3) is 0.429. The van der Waals surface area contributed by atoms with Gasteiger partial charge in [0.2, 0.25) is 0 Å². The van der Waals surface area contributed by atoms with Gasteiger partial charge in [0.25, 0.3) is 0 Å². The normalized spacial score (nSPS) is 13.3. The van der Waals surface area contributed by atoms with Gasteiger partial charge in [-0.2, -0.15) is 0 Å². The molecule has 0 saturated carbocycles. The number of benzene rings is 1. The molecule has 0 saturated heterocycles. The van der Waals surface area contributed by atoms with E-state index in [9.17, 15) is 0 Å². The lowest BCUT2D eigenvalue weighted by molar-refractivity contribution is 0.354. The Labute approximate surface area is 114 Å². The minimum atomic E-state index is 0.219. The van der Waals surface area contributed by atoms with Crippen LogP contribution in [-0.2, 0) is 0 Å². The van der Waals surface area contributed by atoms with E-state index >= 15 is 0 Å². The van der Waals surface area contributed by atoms with Crippen molar-refractivity contribution in [1.29, 1.82) is 0 Å². The molecule has 1 aromatic rings. The molecule has 1 atom stereocenters. The average Bonchev–Trinajstić information content (AvgIpc) is 2.43. The van der Waals surface area contributed by atoms with Crippen molar-refractivity contribution in [2.45, 2.75) is 19.9 Å². The fourth-order valence-corrected chi connectivity index (χ4v) is 1.67. The monoisotopic (exact) mass is 269 g/mol. The van der Waals surface area contributed by atoms with Gasteiger partial charge in [-0.05, 0) is 37.1 Å². The Balaban J connectivity index is 2.77. The molecular weight excluding hydrogens is 250 g/mol. The molecule has 0 amide bonds. The van der Waals surface area contributed by atoms with E-state index < -0.39 is 0 Å². The highest BCUT2D eigenvalue weighted by atomic mass is 35.5. The Morgan fingerprint density at radius 2 is 2.00 bits per heavy atom. The SMILES string of the molecule is COc1ccc(C(C)NC/C(C)=C/Cl)cc1OC. The van der Waals surface area contributed by atoms with E-state index in [2.05, 4.69) is 12.2 Å². The first-order valence-corrected chi connectivity index (χ1v) is 6.27. The Kier molecular flexibility index (Phi) is 6.02. The zero-order chi connectivity index (χ0) is 13.5. The molecular formula is C14H20ClNO2. The van der Waals surface area contributed by atoms with Crippen LogP contribution in [0.4, 0.5) is 0 Å². The number of hydrogen-bond acceptors (Lipinski definition) is 3. The summed E-state index contributed by atoms with van der Waals surface area (Å²) in [5.41, 5.74) is 3.84. The number of halogens is 1. The van der Waals surface area contributed by atoms with Crippen LogP contribution in [0.1, 0.15) is 25.5 Å². The third kappa shape index (κ3) is 3.93. The van der Waals surface area contributed by atoms with Crippen LogP contribution in [-0.4, -0.2) is 20.8 Å². The predicted molar refractivity (Wildman–Crippen MR) is 75.6 cm³/mol. The lowest BCUT2D eigenvalue weighted by atomic mass is 10.1. The summed E-state index contributed by atoms with van der Waals surface area (Å²) in [6, 6.07) is 6.14. The molecule has 0 fully saturated rings. The molecule has 0 radical (unpaired) electrons. The predicted octanol–water partition coefficient (Wildman–Crippen LogP) is 3.50. The van der Waals surface area contributed by atoms with Crippen molar-refractivity contribution in [1.82, 2.24) is 5.32 Å². The van der Waals surface area contributed by atoms with Crippen molar-refractivity contribution in [3.63, 3.8) is 0 Å². The highest BCUT2D eigenvalue weighted by Crippen LogP contribution is 2.29. The molecule has 0 aliphatic carbocycles. The third-order valence-electron chi connectivity index (χ3n) is 2.78. The van der Waals surface area contributed by atoms with Gasteiger partial charge in [-0.25, -0.2) is 0 Å². The number of ether oxygens (including phenoxy) is 2. The minimum Gasteiger partial charge on any atom is -0.493 e. The van der Waals surface area contributed by atoms with Crippen LogP contribution in [0.3, 0.4) is 0 Å². The number of nitrogens with one attached hydrogen (secondary N) is 1. The number of rotatable bonds is 6. The van der Waals surface area contributed by atoms with Crippen molar-refractivity contribution in [3.8, 4) is 11.5 Å². The van der Waals surface area contributed by atoms with Gasteiger partial charge in [0.1, 0.15) is 0 Å². The molecule has 100 valence electrons. The molecule has 3 nitrogen and oxygen atoms in total. The second-order valence-electron chi connectivity index (χ2n) is 4.17. The molecule has 1 rings (SSSR count). The van der Waals surface area contributed by atoms with E-state index in [4.69, 9.17) is 21.1 Å². The van der Waals surface area contributed by atoms with Crippen molar-refractivity contribution in [2.24, 2.45) is 0 Å². The maximum atomic E-state index is 5.63. The van der Waals surface area contributed by atoms with Crippen LogP contribution in [0, 0.1) is 0 Å². The first-order valence-electron chi connectivity index (χ1n) is 5.83. The van der Waals surface area contributed by atoms with Crippen LogP contribution >= 0.6 is 11.6 Å². The second kappa shape index (κ2) is 7.29. The molecule has 0 bridgehead atoms.